The van der Waals surface area contributed by atoms with E-state index < -0.39 is 0 Å². The van der Waals surface area contributed by atoms with Crippen molar-refractivity contribution in [1.29, 1.82) is 0 Å². The molecular formula is C10H16N4S. The number of nitrogens with one attached hydrogen (secondary N) is 1. The van der Waals surface area contributed by atoms with Gasteiger partial charge in [-0.15, -0.1) is 0 Å². The van der Waals surface area contributed by atoms with Crippen LogP contribution in [0.4, 0.5) is 5.13 Å². The topological polar surface area (TPSA) is 41.1 Å². The first-order chi connectivity index (χ1) is 7.33. The average molecular weight is 224 g/mol. The molecule has 3 rings (SSSR count). The lowest BCUT2D eigenvalue weighted by atomic mass is 10.1. The third-order valence-electron chi connectivity index (χ3n) is 3.44. The molecule has 2 atom stereocenters. The van der Waals surface area contributed by atoms with Crippen LogP contribution in [0.15, 0.2) is 0 Å². The predicted octanol–water partition coefficient (Wildman–Crippen LogP) is 1.50. The van der Waals surface area contributed by atoms with Crippen molar-refractivity contribution in [3.05, 3.63) is 5.82 Å². The summed E-state index contributed by atoms with van der Waals surface area (Å²) in [6.45, 7) is 4.48. The zero-order valence-electron chi connectivity index (χ0n) is 8.94. The minimum atomic E-state index is 0.597. The van der Waals surface area contributed by atoms with E-state index in [0.717, 1.165) is 17.0 Å². The molecule has 2 unspecified atom stereocenters. The van der Waals surface area contributed by atoms with Crippen molar-refractivity contribution < 1.29 is 0 Å². The van der Waals surface area contributed by atoms with Gasteiger partial charge in [-0.1, -0.05) is 0 Å². The van der Waals surface area contributed by atoms with Crippen molar-refractivity contribution in [2.24, 2.45) is 0 Å². The van der Waals surface area contributed by atoms with Gasteiger partial charge in [0.05, 0.1) is 0 Å². The quantitative estimate of drug-likeness (QED) is 0.826. The Morgan fingerprint density at radius 2 is 2.33 bits per heavy atom. The third kappa shape index (κ3) is 1.74. The fraction of sp³-hybridized carbons (Fsp3) is 0.800. The first kappa shape index (κ1) is 9.54. The van der Waals surface area contributed by atoms with Crippen molar-refractivity contribution in [1.82, 2.24) is 14.3 Å². The minimum absolute atomic E-state index is 0.597. The predicted molar refractivity (Wildman–Crippen MR) is 61.3 cm³/mol. The number of nitrogens with zero attached hydrogens (tertiary/aromatic N) is 3. The highest BCUT2D eigenvalue weighted by atomic mass is 32.1. The molecule has 0 aromatic carbocycles. The number of hydrogen-bond acceptors (Lipinski definition) is 5. The first-order valence-electron chi connectivity index (χ1n) is 5.64. The summed E-state index contributed by atoms with van der Waals surface area (Å²) < 4.78 is 4.20. The van der Waals surface area contributed by atoms with Crippen molar-refractivity contribution in [3.8, 4) is 0 Å². The second-order valence-electron chi connectivity index (χ2n) is 4.43. The standard InChI is InChI=1S/C10H16N4S/c1-7-11-10(15-13-7)12-8-4-6-14-5-2-3-9(8)14/h8-9H,2-6H2,1H3,(H,11,12,13). The van der Waals surface area contributed by atoms with E-state index in [1.165, 1.54) is 43.9 Å². The van der Waals surface area contributed by atoms with E-state index in [-0.39, 0.29) is 0 Å². The maximum atomic E-state index is 4.37. The normalized spacial score (nSPS) is 30.7. The molecule has 3 heterocycles. The molecule has 0 amide bonds. The molecule has 0 bridgehead atoms. The molecule has 2 saturated heterocycles. The van der Waals surface area contributed by atoms with Gasteiger partial charge in [0.15, 0.2) is 0 Å². The largest absolute Gasteiger partial charge is 0.356 e. The molecule has 15 heavy (non-hydrogen) atoms. The summed E-state index contributed by atoms with van der Waals surface area (Å²) in [6.07, 6.45) is 3.96. The van der Waals surface area contributed by atoms with Gasteiger partial charge in [0.25, 0.3) is 0 Å². The maximum absolute atomic E-state index is 4.37. The molecular weight excluding hydrogens is 208 g/mol. The lowest BCUT2D eigenvalue weighted by Gasteiger charge is -2.20. The molecule has 4 nitrogen and oxygen atoms in total. The molecule has 82 valence electrons. The van der Waals surface area contributed by atoms with Gasteiger partial charge in [-0.2, -0.15) is 4.37 Å². The molecule has 1 aromatic rings. The number of rotatable bonds is 2. The summed E-state index contributed by atoms with van der Waals surface area (Å²) in [6, 6.07) is 1.34. The first-order valence-corrected chi connectivity index (χ1v) is 6.41. The molecule has 0 spiro atoms. The molecule has 2 aliphatic heterocycles. The van der Waals surface area contributed by atoms with Crippen LogP contribution in [0.2, 0.25) is 0 Å². The van der Waals surface area contributed by atoms with E-state index in [1.807, 2.05) is 6.92 Å². The van der Waals surface area contributed by atoms with Gasteiger partial charge in [0.2, 0.25) is 5.13 Å². The van der Waals surface area contributed by atoms with Gasteiger partial charge in [-0.05, 0) is 32.7 Å². The number of anilines is 1. The Labute approximate surface area is 93.9 Å². The minimum Gasteiger partial charge on any atom is -0.356 e. The van der Waals surface area contributed by atoms with E-state index in [9.17, 15) is 0 Å². The van der Waals surface area contributed by atoms with E-state index >= 15 is 0 Å². The number of hydrogen-bond donors (Lipinski definition) is 1. The zero-order chi connectivity index (χ0) is 10.3. The van der Waals surface area contributed by atoms with E-state index in [4.69, 9.17) is 0 Å². The third-order valence-corrected chi connectivity index (χ3v) is 4.18. The second-order valence-corrected chi connectivity index (χ2v) is 5.18. The van der Waals surface area contributed by atoms with Gasteiger partial charge in [-0.25, -0.2) is 4.98 Å². The molecule has 0 radical (unpaired) electrons. The fourth-order valence-corrected chi connectivity index (χ4v) is 3.40. The van der Waals surface area contributed by atoms with Gasteiger partial charge in [-0.3, -0.25) is 4.90 Å². The summed E-state index contributed by atoms with van der Waals surface area (Å²) in [4.78, 5) is 6.97. The van der Waals surface area contributed by atoms with Crippen LogP contribution in [0.3, 0.4) is 0 Å². The monoisotopic (exact) mass is 224 g/mol. The number of fused-ring (bicyclic) bond motifs is 1. The molecule has 0 aliphatic carbocycles. The maximum Gasteiger partial charge on any atom is 0.202 e. The summed E-state index contributed by atoms with van der Waals surface area (Å²) >= 11 is 1.48. The second kappa shape index (κ2) is 3.72. The Bertz CT molecular complexity index is 351. The highest BCUT2D eigenvalue weighted by molar-refractivity contribution is 7.09. The lowest BCUT2D eigenvalue weighted by Crippen LogP contribution is -2.33. The van der Waals surface area contributed by atoms with E-state index in [2.05, 4.69) is 19.6 Å². The highest BCUT2D eigenvalue weighted by Gasteiger charge is 2.37. The number of aromatic nitrogens is 2. The van der Waals surface area contributed by atoms with Crippen LogP contribution in [-0.2, 0) is 0 Å². The van der Waals surface area contributed by atoms with Crippen LogP contribution in [0, 0.1) is 6.92 Å². The fourth-order valence-electron chi connectivity index (χ4n) is 2.77. The van der Waals surface area contributed by atoms with Crippen molar-refractivity contribution in [2.75, 3.05) is 18.4 Å². The average Bonchev–Trinajstić information content (AvgIpc) is 2.85. The van der Waals surface area contributed by atoms with Gasteiger partial charge >= 0.3 is 0 Å². The van der Waals surface area contributed by atoms with Gasteiger partial charge in [0, 0.05) is 30.2 Å². The smallest absolute Gasteiger partial charge is 0.202 e. The van der Waals surface area contributed by atoms with Crippen molar-refractivity contribution in [2.45, 2.75) is 38.3 Å². The van der Waals surface area contributed by atoms with Gasteiger partial charge in [0.1, 0.15) is 5.82 Å². The summed E-state index contributed by atoms with van der Waals surface area (Å²) in [5.74, 6) is 0.878. The van der Waals surface area contributed by atoms with Crippen LogP contribution < -0.4 is 5.32 Å². The van der Waals surface area contributed by atoms with Crippen LogP contribution in [-0.4, -0.2) is 39.4 Å². The van der Waals surface area contributed by atoms with Gasteiger partial charge < -0.3 is 5.32 Å². The molecule has 2 aliphatic rings. The molecule has 5 heteroatoms. The summed E-state index contributed by atoms with van der Waals surface area (Å²) in [5.41, 5.74) is 0. The van der Waals surface area contributed by atoms with E-state index in [1.54, 1.807) is 0 Å². The zero-order valence-corrected chi connectivity index (χ0v) is 9.76. The van der Waals surface area contributed by atoms with Crippen LogP contribution in [0.1, 0.15) is 25.1 Å². The Morgan fingerprint density at radius 1 is 1.40 bits per heavy atom. The van der Waals surface area contributed by atoms with Crippen molar-refractivity contribution >= 4 is 16.7 Å². The summed E-state index contributed by atoms with van der Waals surface area (Å²) in [7, 11) is 0. The number of aryl methyl sites for hydroxylation is 1. The Kier molecular flexibility index (Phi) is 2.36. The molecule has 1 N–H and O–H groups in total. The van der Waals surface area contributed by atoms with Crippen LogP contribution in [0.25, 0.3) is 0 Å². The Morgan fingerprint density at radius 3 is 3.13 bits per heavy atom. The van der Waals surface area contributed by atoms with Crippen LogP contribution >= 0.6 is 11.5 Å². The molecule has 0 saturated carbocycles. The Balaban J connectivity index is 1.68. The highest BCUT2D eigenvalue weighted by Crippen LogP contribution is 2.30. The summed E-state index contributed by atoms with van der Waals surface area (Å²) in [5, 5.41) is 4.53. The lowest BCUT2D eigenvalue weighted by molar-refractivity contribution is 0.318. The van der Waals surface area contributed by atoms with Crippen molar-refractivity contribution in [3.63, 3.8) is 0 Å². The SMILES string of the molecule is Cc1nsc(NC2CCN3CCCC23)n1. The Hall–Kier alpha value is -0.680. The molecule has 1 aromatic heterocycles. The van der Waals surface area contributed by atoms with Crippen LogP contribution in [0.5, 0.6) is 0 Å². The molecule has 2 fully saturated rings. The van der Waals surface area contributed by atoms with E-state index in [0.29, 0.717) is 6.04 Å².